The van der Waals surface area contributed by atoms with Crippen LogP contribution in [0.2, 0.25) is 0 Å². The van der Waals surface area contributed by atoms with Gasteiger partial charge >= 0.3 is 0 Å². The van der Waals surface area contributed by atoms with Crippen LogP contribution in [0.5, 0.6) is 0 Å². The molecule has 5 nitrogen and oxygen atoms in total. The number of nitrogens with zero attached hydrogens (tertiary/aromatic N) is 2. The van der Waals surface area contributed by atoms with Gasteiger partial charge in [-0.3, -0.25) is 9.78 Å². The first kappa shape index (κ1) is 17.1. The van der Waals surface area contributed by atoms with Crippen molar-refractivity contribution in [1.82, 2.24) is 20.6 Å². The van der Waals surface area contributed by atoms with Crippen LogP contribution < -0.4 is 10.6 Å². The van der Waals surface area contributed by atoms with Crippen molar-refractivity contribution in [1.29, 1.82) is 0 Å². The molecule has 1 amide bonds. The summed E-state index contributed by atoms with van der Waals surface area (Å²) in [4.78, 5) is 19.6. The summed E-state index contributed by atoms with van der Waals surface area (Å²) in [5.74, 6) is -0.132. The van der Waals surface area contributed by atoms with Crippen molar-refractivity contribution in [2.24, 2.45) is 0 Å². The lowest BCUT2D eigenvalue weighted by atomic mass is 10.0. The predicted octanol–water partition coefficient (Wildman–Crippen LogP) is 1.19. The molecule has 0 aromatic carbocycles. The Balaban J connectivity index is 0.00000144. The second-order valence-corrected chi connectivity index (χ2v) is 4.14. The molecule has 0 saturated carbocycles. The van der Waals surface area contributed by atoms with E-state index in [0.29, 0.717) is 11.7 Å². The van der Waals surface area contributed by atoms with Crippen molar-refractivity contribution >= 4 is 30.7 Å². The third kappa shape index (κ3) is 4.76. The number of carbonyl (C=O) groups is 1. The Kier molecular flexibility index (Phi) is 7.82. The van der Waals surface area contributed by atoms with Gasteiger partial charge in [0.2, 0.25) is 0 Å². The van der Waals surface area contributed by atoms with Gasteiger partial charge in [0.25, 0.3) is 5.91 Å². The Morgan fingerprint density at radius 3 is 2.83 bits per heavy atom. The van der Waals surface area contributed by atoms with E-state index in [1.807, 2.05) is 0 Å². The Morgan fingerprint density at radius 1 is 1.44 bits per heavy atom. The zero-order valence-corrected chi connectivity index (χ0v) is 11.8. The molecule has 2 heterocycles. The molecule has 18 heavy (non-hydrogen) atoms. The smallest absolute Gasteiger partial charge is 0.271 e. The topological polar surface area (TPSA) is 66.9 Å². The number of nitrogens with one attached hydrogen (secondary N) is 2. The van der Waals surface area contributed by atoms with E-state index in [1.165, 1.54) is 12.4 Å². The van der Waals surface area contributed by atoms with Crippen molar-refractivity contribution < 1.29 is 4.79 Å². The SMILES string of the molecule is CC1CC(NC(=O)c2cnccn2)CCN1.Cl.Cl. The number of halogens is 2. The van der Waals surface area contributed by atoms with Gasteiger partial charge in [0, 0.05) is 24.5 Å². The first-order chi connectivity index (χ1) is 7.75. The van der Waals surface area contributed by atoms with E-state index in [0.717, 1.165) is 19.4 Å². The molecule has 7 heteroatoms. The molecule has 0 radical (unpaired) electrons. The van der Waals surface area contributed by atoms with Gasteiger partial charge in [0.15, 0.2) is 0 Å². The van der Waals surface area contributed by atoms with Gasteiger partial charge in [0.05, 0.1) is 6.20 Å². The average Bonchev–Trinajstić information content (AvgIpc) is 2.30. The van der Waals surface area contributed by atoms with E-state index >= 15 is 0 Å². The molecule has 2 atom stereocenters. The van der Waals surface area contributed by atoms with Crippen molar-refractivity contribution in [3.05, 3.63) is 24.3 Å². The van der Waals surface area contributed by atoms with E-state index in [4.69, 9.17) is 0 Å². The van der Waals surface area contributed by atoms with Crippen LogP contribution in [-0.2, 0) is 0 Å². The number of hydrogen-bond donors (Lipinski definition) is 2. The van der Waals surface area contributed by atoms with Crippen molar-refractivity contribution in [3.63, 3.8) is 0 Å². The number of hydrogen-bond acceptors (Lipinski definition) is 4. The van der Waals surface area contributed by atoms with Crippen LogP contribution in [0, 0.1) is 0 Å². The zero-order chi connectivity index (χ0) is 11.4. The molecule has 1 saturated heterocycles. The highest BCUT2D eigenvalue weighted by molar-refractivity contribution is 5.92. The molecule has 0 spiro atoms. The normalized spacial score (nSPS) is 22.3. The van der Waals surface area contributed by atoms with Crippen LogP contribution >= 0.6 is 24.8 Å². The van der Waals surface area contributed by atoms with Gasteiger partial charge < -0.3 is 10.6 Å². The number of aromatic nitrogens is 2. The molecule has 1 aliphatic rings. The lowest BCUT2D eigenvalue weighted by Crippen LogP contribution is -2.46. The Labute approximate surface area is 119 Å². The lowest BCUT2D eigenvalue weighted by Gasteiger charge is -2.28. The molecular formula is C11H18Cl2N4O. The fourth-order valence-electron chi connectivity index (χ4n) is 1.94. The Bertz CT molecular complexity index is 363. The summed E-state index contributed by atoms with van der Waals surface area (Å²) >= 11 is 0. The standard InChI is InChI=1S/C11H16N4O.2ClH/c1-8-6-9(2-3-13-8)15-11(16)10-7-12-4-5-14-10;;/h4-5,7-9,13H,2-3,6H2,1H3,(H,15,16);2*1H. The second kappa shape index (κ2) is 8.24. The molecule has 2 rings (SSSR count). The average molecular weight is 293 g/mol. The zero-order valence-electron chi connectivity index (χ0n) is 10.1. The van der Waals surface area contributed by atoms with Gasteiger partial charge in [-0.25, -0.2) is 4.98 Å². The molecule has 1 aromatic heterocycles. The van der Waals surface area contributed by atoms with Crippen LogP contribution in [-0.4, -0.2) is 34.5 Å². The fourth-order valence-corrected chi connectivity index (χ4v) is 1.94. The summed E-state index contributed by atoms with van der Waals surface area (Å²) in [6, 6.07) is 0.701. The van der Waals surface area contributed by atoms with Crippen LogP contribution in [0.25, 0.3) is 0 Å². The quantitative estimate of drug-likeness (QED) is 0.859. The monoisotopic (exact) mass is 292 g/mol. The molecule has 1 aromatic rings. The third-order valence-corrected chi connectivity index (χ3v) is 2.75. The largest absolute Gasteiger partial charge is 0.348 e. The molecule has 0 aliphatic carbocycles. The molecule has 1 fully saturated rings. The van der Waals surface area contributed by atoms with Gasteiger partial charge in [-0.1, -0.05) is 0 Å². The maximum absolute atomic E-state index is 11.8. The maximum Gasteiger partial charge on any atom is 0.271 e. The first-order valence-electron chi connectivity index (χ1n) is 5.56. The van der Waals surface area contributed by atoms with E-state index < -0.39 is 0 Å². The van der Waals surface area contributed by atoms with Crippen LogP contribution in [0.4, 0.5) is 0 Å². The number of rotatable bonds is 2. The summed E-state index contributed by atoms with van der Waals surface area (Å²) in [6.45, 7) is 3.08. The minimum Gasteiger partial charge on any atom is -0.348 e. The highest BCUT2D eigenvalue weighted by Crippen LogP contribution is 2.08. The Hall–Kier alpha value is -0.910. The second-order valence-electron chi connectivity index (χ2n) is 4.14. The number of carbonyl (C=O) groups excluding carboxylic acids is 1. The maximum atomic E-state index is 11.8. The molecule has 102 valence electrons. The molecule has 2 unspecified atom stereocenters. The molecule has 1 aliphatic heterocycles. The van der Waals surface area contributed by atoms with Crippen LogP contribution in [0.1, 0.15) is 30.3 Å². The van der Waals surface area contributed by atoms with Gasteiger partial charge in [0.1, 0.15) is 5.69 Å². The van der Waals surface area contributed by atoms with Gasteiger partial charge in [-0.05, 0) is 26.3 Å². The van der Waals surface area contributed by atoms with Crippen molar-refractivity contribution in [2.75, 3.05) is 6.54 Å². The van der Waals surface area contributed by atoms with E-state index in [9.17, 15) is 4.79 Å². The van der Waals surface area contributed by atoms with Crippen molar-refractivity contribution in [3.8, 4) is 0 Å². The van der Waals surface area contributed by atoms with E-state index in [1.54, 1.807) is 6.20 Å². The molecule has 0 bridgehead atoms. The van der Waals surface area contributed by atoms with Crippen LogP contribution in [0.15, 0.2) is 18.6 Å². The minimum absolute atomic E-state index is 0. The highest BCUT2D eigenvalue weighted by atomic mass is 35.5. The Morgan fingerprint density at radius 2 is 2.22 bits per heavy atom. The fraction of sp³-hybridized carbons (Fsp3) is 0.545. The van der Waals surface area contributed by atoms with Gasteiger partial charge in [-0.2, -0.15) is 0 Å². The summed E-state index contributed by atoms with van der Waals surface area (Å²) in [6.07, 6.45) is 6.51. The van der Waals surface area contributed by atoms with Crippen LogP contribution in [0.3, 0.4) is 0 Å². The number of piperidine rings is 1. The number of amides is 1. The predicted molar refractivity (Wildman–Crippen MR) is 74.5 cm³/mol. The van der Waals surface area contributed by atoms with Crippen molar-refractivity contribution in [2.45, 2.75) is 31.8 Å². The lowest BCUT2D eigenvalue weighted by molar-refractivity contribution is 0.0920. The third-order valence-electron chi connectivity index (χ3n) is 2.75. The van der Waals surface area contributed by atoms with E-state index in [-0.39, 0.29) is 36.8 Å². The summed E-state index contributed by atoms with van der Waals surface area (Å²) in [5, 5.41) is 6.33. The molecular weight excluding hydrogens is 275 g/mol. The van der Waals surface area contributed by atoms with E-state index in [2.05, 4.69) is 27.5 Å². The first-order valence-corrected chi connectivity index (χ1v) is 5.56. The summed E-state index contributed by atoms with van der Waals surface area (Å²) < 4.78 is 0. The summed E-state index contributed by atoms with van der Waals surface area (Å²) in [7, 11) is 0. The van der Waals surface area contributed by atoms with Gasteiger partial charge in [-0.15, -0.1) is 24.8 Å². The molecule has 2 N–H and O–H groups in total. The minimum atomic E-state index is -0.132. The summed E-state index contributed by atoms with van der Waals surface area (Å²) in [5.41, 5.74) is 0.383. The highest BCUT2D eigenvalue weighted by Gasteiger charge is 2.20.